The Balaban J connectivity index is 1.06. The van der Waals surface area contributed by atoms with Crippen molar-refractivity contribution in [3.63, 3.8) is 0 Å². The average molecular weight is 949 g/mol. The summed E-state index contributed by atoms with van der Waals surface area (Å²) in [5.41, 5.74) is 0.285. The van der Waals surface area contributed by atoms with Crippen molar-refractivity contribution in [2.75, 3.05) is 46.2 Å². The number of carbonyl (C=O) groups excluding carboxylic acids is 4. The van der Waals surface area contributed by atoms with Gasteiger partial charge in [-0.15, -0.1) is 0 Å². The van der Waals surface area contributed by atoms with Crippen LogP contribution < -0.4 is 16.0 Å². The number of amides is 3. The molecule has 3 aromatic heterocycles. The Morgan fingerprint density at radius 1 is 1.08 bits per heavy atom. The molecule has 3 saturated heterocycles. The number of hydrogen-bond donors (Lipinski definition) is 7. The molecule has 26 heteroatoms. The van der Waals surface area contributed by atoms with Gasteiger partial charge in [-0.05, 0) is 39.2 Å². The highest BCUT2D eigenvalue weighted by molar-refractivity contribution is 7.89. The van der Waals surface area contributed by atoms with E-state index in [-0.39, 0.29) is 50.3 Å². The molecule has 3 fully saturated rings. The number of unbranched alkanes of at least 4 members (excludes halogenated alkanes) is 1. The highest BCUT2D eigenvalue weighted by atomic mass is 32.2. The van der Waals surface area contributed by atoms with Gasteiger partial charge in [0, 0.05) is 57.0 Å². The number of nitrogens with zero attached hydrogens (tertiary/aromatic N) is 7. The first kappa shape index (κ1) is 50.2. The van der Waals surface area contributed by atoms with Crippen LogP contribution in [-0.2, 0) is 53.6 Å². The van der Waals surface area contributed by atoms with Crippen LogP contribution in [0.2, 0.25) is 0 Å². The molecule has 0 aliphatic carbocycles. The number of carbonyl (C=O) groups is 4. The Morgan fingerprint density at radius 2 is 1.82 bits per heavy atom. The van der Waals surface area contributed by atoms with E-state index in [4.69, 9.17) is 23.7 Å². The van der Waals surface area contributed by atoms with Crippen molar-refractivity contribution < 1.29 is 71.7 Å². The van der Waals surface area contributed by atoms with E-state index in [9.17, 15) is 53.3 Å². The SMILES string of the molecule is CCS(=O)(=O)N1CC(CC#N)(n2cc(-c3ncnc4c3ccn4C(=O)N[C@@H](CCCCNC(=O)C3O[C@@H](O[C@@H]4C(NC(C)=O)[C@H](C)OC(CO)[C@H]4O)C(O)[C@@H](O)[C@@H]3OC)C(=O)OC)cn2)C1. The number of aliphatic hydroxyl groups is 4. The summed E-state index contributed by atoms with van der Waals surface area (Å²) in [7, 11) is -1.08. The maximum absolute atomic E-state index is 13.6. The monoisotopic (exact) mass is 948 g/mol. The molecule has 0 radical (unpaired) electrons. The first-order chi connectivity index (χ1) is 31.4. The molecule has 4 unspecified atom stereocenters. The third kappa shape index (κ3) is 10.3. The van der Waals surface area contributed by atoms with Crippen molar-refractivity contribution in [3.8, 4) is 17.3 Å². The van der Waals surface area contributed by atoms with Gasteiger partial charge in [0.1, 0.15) is 54.5 Å². The zero-order chi connectivity index (χ0) is 48.1. The van der Waals surface area contributed by atoms with E-state index in [0.717, 1.165) is 0 Å². The molecule has 6 heterocycles. The molecular formula is C40H56N10O15S. The van der Waals surface area contributed by atoms with Crippen LogP contribution in [-0.4, -0.2) is 195 Å². The minimum absolute atomic E-state index is 0.0227. The number of nitriles is 1. The number of nitrogens with one attached hydrogen (secondary N) is 3. The molecule has 3 aliphatic rings. The molecule has 0 bridgehead atoms. The largest absolute Gasteiger partial charge is 0.467 e. The summed E-state index contributed by atoms with van der Waals surface area (Å²) in [4.78, 5) is 60.6. The van der Waals surface area contributed by atoms with Gasteiger partial charge in [0.15, 0.2) is 18.0 Å². The highest BCUT2D eigenvalue weighted by Gasteiger charge is 2.53. The van der Waals surface area contributed by atoms with Crippen LogP contribution in [0.5, 0.6) is 0 Å². The number of sulfonamides is 1. The molecular weight excluding hydrogens is 893 g/mol. The predicted molar refractivity (Wildman–Crippen MR) is 226 cm³/mol. The Hall–Kier alpha value is -5.21. The van der Waals surface area contributed by atoms with Crippen LogP contribution in [0.15, 0.2) is 31.0 Å². The lowest BCUT2D eigenvalue weighted by molar-refractivity contribution is -0.325. The molecule has 11 atom stereocenters. The zero-order valence-electron chi connectivity index (χ0n) is 36.9. The Morgan fingerprint density at radius 3 is 2.47 bits per heavy atom. The second kappa shape index (κ2) is 21.2. The minimum atomic E-state index is -3.46. The molecule has 3 amide bonds. The topological polar surface area (TPSA) is 341 Å². The van der Waals surface area contributed by atoms with Crippen LogP contribution in [0.1, 0.15) is 46.5 Å². The molecule has 7 N–H and O–H groups in total. The quantitative estimate of drug-likeness (QED) is 0.0510. The van der Waals surface area contributed by atoms with Crippen LogP contribution in [0, 0.1) is 11.3 Å². The van der Waals surface area contributed by atoms with Gasteiger partial charge < -0.3 is 60.1 Å². The average Bonchev–Trinajstić information content (AvgIpc) is 3.96. The van der Waals surface area contributed by atoms with Crippen LogP contribution >= 0.6 is 0 Å². The van der Waals surface area contributed by atoms with Crippen molar-refractivity contribution >= 4 is 44.9 Å². The summed E-state index contributed by atoms with van der Waals surface area (Å²) >= 11 is 0. The number of ether oxygens (including phenoxy) is 5. The van der Waals surface area contributed by atoms with E-state index in [0.29, 0.717) is 23.1 Å². The van der Waals surface area contributed by atoms with Gasteiger partial charge in [0.25, 0.3) is 5.91 Å². The molecule has 66 heavy (non-hydrogen) atoms. The van der Waals surface area contributed by atoms with Crippen LogP contribution in [0.3, 0.4) is 0 Å². The Labute approximate surface area is 379 Å². The number of esters is 1. The van der Waals surface area contributed by atoms with Crippen molar-refractivity contribution in [2.24, 2.45) is 0 Å². The van der Waals surface area contributed by atoms with Gasteiger partial charge in [0.05, 0.1) is 56.0 Å². The molecule has 0 aromatic carbocycles. The lowest BCUT2D eigenvalue weighted by atomic mass is 9.89. The molecule has 0 saturated carbocycles. The van der Waals surface area contributed by atoms with Gasteiger partial charge in [0.2, 0.25) is 15.9 Å². The van der Waals surface area contributed by atoms with Gasteiger partial charge in [-0.1, -0.05) is 0 Å². The van der Waals surface area contributed by atoms with Crippen molar-refractivity contribution in [1.82, 2.24) is 44.6 Å². The third-order valence-electron chi connectivity index (χ3n) is 12.0. The lowest BCUT2D eigenvalue weighted by Crippen LogP contribution is -2.68. The van der Waals surface area contributed by atoms with E-state index in [2.05, 4.69) is 37.1 Å². The molecule has 3 aliphatic heterocycles. The smallest absolute Gasteiger partial charge is 0.328 e. The third-order valence-corrected chi connectivity index (χ3v) is 13.8. The number of hydrogen-bond acceptors (Lipinski definition) is 19. The molecule has 0 spiro atoms. The van der Waals surface area contributed by atoms with E-state index >= 15 is 0 Å². The summed E-state index contributed by atoms with van der Waals surface area (Å²) < 4.78 is 56.6. The van der Waals surface area contributed by atoms with E-state index < -0.39 is 113 Å². The van der Waals surface area contributed by atoms with E-state index in [1.807, 2.05) is 0 Å². The normalized spacial score (nSPS) is 28.1. The second-order valence-corrected chi connectivity index (χ2v) is 18.6. The van der Waals surface area contributed by atoms with Gasteiger partial charge >= 0.3 is 12.0 Å². The minimum Gasteiger partial charge on any atom is -0.467 e. The summed E-state index contributed by atoms with van der Waals surface area (Å²) in [6, 6.07) is 0.949. The van der Waals surface area contributed by atoms with Crippen molar-refractivity contribution in [1.29, 1.82) is 5.26 Å². The Bertz CT molecular complexity index is 2370. The molecule has 6 rings (SSSR count). The maximum atomic E-state index is 13.6. The number of aliphatic hydroxyl groups excluding tert-OH is 4. The van der Waals surface area contributed by atoms with Crippen molar-refractivity contribution in [3.05, 3.63) is 31.0 Å². The summed E-state index contributed by atoms with van der Waals surface area (Å²) in [6.45, 7) is 3.98. The summed E-state index contributed by atoms with van der Waals surface area (Å²) in [5, 5.41) is 65.0. The molecule has 362 valence electrons. The standard InChI is InChI=1S/C40H56N10O15S/c1-6-66(59,60)48-18-40(19-48,11-12-41)50-16-23(15-45-50)28-24-10-14-49(35(24)44-20-43-28)39(58)47-25(37(57)62-5)9-7-8-13-42-36(56)34-33(61-4)30(54)31(55)38(65-34)64-32-27(46-22(3)52)21(2)63-26(17-51)29(32)53/h10,14-16,20-21,25-27,29-34,38,51,53-55H,6-9,11,13,17-19H2,1-5H3,(H,42,56)(H,46,52)(H,47,58)/t21-,25-,26?,27?,29+,30+,31?,32+,33-,34?,38+/m0/s1. The fourth-order valence-electron chi connectivity index (χ4n) is 8.38. The molecule has 3 aromatic rings. The van der Waals surface area contributed by atoms with Gasteiger partial charge in [-0.3, -0.25) is 18.8 Å². The number of rotatable bonds is 18. The number of methoxy groups -OCH3 is 2. The Kier molecular flexibility index (Phi) is 16.1. The van der Waals surface area contributed by atoms with Crippen LogP contribution in [0.4, 0.5) is 4.79 Å². The first-order valence-corrected chi connectivity index (χ1v) is 22.8. The fourth-order valence-corrected chi connectivity index (χ4v) is 9.62. The van der Waals surface area contributed by atoms with E-state index in [1.165, 1.54) is 48.7 Å². The second-order valence-electron chi connectivity index (χ2n) is 16.3. The van der Waals surface area contributed by atoms with Crippen molar-refractivity contribution in [2.45, 2.75) is 119 Å². The van der Waals surface area contributed by atoms with Crippen LogP contribution in [0.25, 0.3) is 22.3 Å². The molecule has 25 nitrogen and oxygen atoms in total. The number of aromatic nitrogens is 5. The summed E-state index contributed by atoms with van der Waals surface area (Å²) in [6.07, 6.45) is -6.17. The van der Waals surface area contributed by atoms with Gasteiger partial charge in [-0.2, -0.15) is 14.7 Å². The number of fused-ring (bicyclic) bond motifs is 1. The predicted octanol–water partition coefficient (Wildman–Crippen LogP) is -2.55. The highest BCUT2D eigenvalue weighted by Crippen LogP contribution is 2.36. The zero-order valence-corrected chi connectivity index (χ0v) is 37.7. The van der Waals surface area contributed by atoms with Gasteiger partial charge in [-0.25, -0.2) is 28.0 Å². The lowest BCUT2D eigenvalue weighted by Gasteiger charge is -2.47. The fraction of sp³-hybridized carbons (Fsp3) is 0.650. The first-order valence-electron chi connectivity index (χ1n) is 21.2. The van der Waals surface area contributed by atoms with E-state index in [1.54, 1.807) is 30.8 Å². The maximum Gasteiger partial charge on any atom is 0.328 e. The summed E-state index contributed by atoms with van der Waals surface area (Å²) in [5.74, 6) is -2.03.